The van der Waals surface area contributed by atoms with Crippen molar-refractivity contribution in [2.24, 2.45) is 0 Å². The van der Waals surface area contributed by atoms with Crippen LogP contribution in [0.25, 0.3) is 5.69 Å². The minimum Gasteiger partial charge on any atom is -0.464 e. The van der Waals surface area contributed by atoms with Crippen molar-refractivity contribution >= 4 is 5.97 Å². The highest BCUT2D eigenvalue weighted by Crippen LogP contribution is 2.20. The zero-order valence-electron chi connectivity index (χ0n) is 10.3. The number of carbonyl (C=O) groups is 1. The number of rotatable bonds is 4. The molecule has 0 amide bonds. The lowest BCUT2D eigenvalue weighted by atomic mass is 10.1. The summed E-state index contributed by atoms with van der Waals surface area (Å²) in [6.45, 7) is 1.79. The molecular weight excluding hydrogens is 251 g/mol. The Balaban J connectivity index is 2.26. The molecule has 1 aromatic heterocycles. The van der Waals surface area contributed by atoms with E-state index in [1.165, 1.54) is 29.2 Å². The van der Waals surface area contributed by atoms with Crippen LogP contribution in [0.4, 0.5) is 4.39 Å². The zero-order chi connectivity index (χ0) is 13.8. The number of halogens is 1. The number of ether oxygens (including phenoxy) is 1. The summed E-state index contributed by atoms with van der Waals surface area (Å²) in [5.74, 6) is -1.35. The van der Waals surface area contributed by atoms with Crippen LogP contribution in [0, 0.1) is 5.82 Å². The Morgan fingerprint density at radius 2 is 2.37 bits per heavy atom. The largest absolute Gasteiger partial charge is 0.464 e. The van der Waals surface area contributed by atoms with Crippen LogP contribution in [-0.4, -0.2) is 27.2 Å². The fourth-order valence-corrected chi connectivity index (χ4v) is 1.66. The molecule has 2 rings (SSSR count). The Morgan fingerprint density at radius 3 is 2.95 bits per heavy atom. The maximum absolute atomic E-state index is 13.9. The van der Waals surface area contributed by atoms with Gasteiger partial charge in [-0.25, -0.2) is 14.2 Å². The Morgan fingerprint density at radius 1 is 1.58 bits per heavy atom. The van der Waals surface area contributed by atoms with Gasteiger partial charge in [0.2, 0.25) is 0 Å². The van der Waals surface area contributed by atoms with Gasteiger partial charge in [0.1, 0.15) is 5.82 Å². The van der Waals surface area contributed by atoms with E-state index < -0.39 is 17.9 Å². The lowest BCUT2D eigenvalue weighted by Crippen LogP contribution is -2.15. The minimum absolute atomic E-state index is 0.153. The summed E-state index contributed by atoms with van der Waals surface area (Å²) in [6.07, 6.45) is 3.10. The Kier molecular flexibility index (Phi) is 3.91. The summed E-state index contributed by atoms with van der Waals surface area (Å²) in [7, 11) is 0. The van der Waals surface area contributed by atoms with E-state index in [0.29, 0.717) is 0 Å². The molecule has 1 N–H and O–H groups in total. The standard InChI is InChI=1S/C13H13FN2O3/c1-2-19-13(18)12(17)9-3-4-11(10(14)7-9)16-6-5-15-8-16/h3-8,12,17H,2H2,1H3. The molecule has 0 radical (unpaired) electrons. The number of aliphatic hydroxyl groups is 1. The zero-order valence-corrected chi connectivity index (χ0v) is 10.3. The number of esters is 1. The number of imidazole rings is 1. The van der Waals surface area contributed by atoms with Gasteiger partial charge in [0.05, 0.1) is 18.6 Å². The molecule has 1 unspecified atom stereocenters. The molecule has 6 heteroatoms. The number of aliphatic hydroxyl groups excluding tert-OH is 1. The molecule has 100 valence electrons. The predicted octanol–water partition coefficient (Wildman–Crippen LogP) is 1.61. The average Bonchev–Trinajstić information content (AvgIpc) is 2.91. The first-order valence-electron chi connectivity index (χ1n) is 5.76. The van der Waals surface area contributed by atoms with Gasteiger partial charge < -0.3 is 14.4 Å². The van der Waals surface area contributed by atoms with Crippen LogP contribution in [0.3, 0.4) is 0 Å². The lowest BCUT2D eigenvalue weighted by molar-refractivity contribution is -0.153. The van der Waals surface area contributed by atoms with E-state index in [0.717, 1.165) is 6.07 Å². The van der Waals surface area contributed by atoms with Crippen molar-refractivity contribution in [3.63, 3.8) is 0 Å². The maximum atomic E-state index is 13.9. The third-order valence-corrected chi connectivity index (χ3v) is 2.58. The summed E-state index contributed by atoms with van der Waals surface area (Å²) in [5, 5.41) is 9.71. The van der Waals surface area contributed by atoms with Crippen LogP contribution in [0.5, 0.6) is 0 Å². The molecular formula is C13H13FN2O3. The van der Waals surface area contributed by atoms with Crippen molar-refractivity contribution in [1.29, 1.82) is 0 Å². The second-order valence-corrected chi connectivity index (χ2v) is 3.84. The smallest absolute Gasteiger partial charge is 0.339 e. The maximum Gasteiger partial charge on any atom is 0.339 e. The molecule has 0 saturated carbocycles. The molecule has 1 atom stereocenters. The van der Waals surface area contributed by atoms with Gasteiger partial charge in [0, 0.05) is 12.4 Å². The van der Waals surface area contributed by atoms with Crippen LogP contribution >= 0.6 is 0 Å². The Hall–Kier alpha value is -2.21. The van der Waals surface area contributed by atoms with Crippen molar-refractivity contribution in [3.8, 4) is 5.69 Å². The summed E-state index contributed by atoms with van der Waals surface area (Å²) in [4.78, 5) is 15.2. The fraction of sp³-hybridized carbons (Fsp3) is 0.231. The molecule has 0 saturated heterocycles. The van der Waals surface area contributed by atoms with E-state index >= 15 is 0 Å². The molecule has 0 spiro atoms. The number of benzene rings is 1. The van der Waals surface area contributed by atoms with Gasteiger partial charge in [-0.3, -0.25) is 0 Å². The van der Waals surface area contributed by atoms with Gasteiger partial charge in [0.15, 0.2) is 6.10 Å². The van der Waals surface area contributed by atoms with Gasteiger partial charge in [-0.05, 0) is 24.6 Å². The third-order valence-electron chi connectivity index (χ3n) is 2.58. The molecule has 0 aliphatic heterocycles. The van der Waals surface area contributed by atoms with E-state index in [1.807, 2.05) is 0 Å². The monoisotopic (exact) mass is 264 g/mol. The second kappa shape index (κ2) is 5.62. The van der Waals surface area contributed by atoms with E-state index in [9.17, 15) is 14.3 Å². The molecule has 0 aliphatic rings. The fourth-order valence-electron chi connectivity index (χ4n) is 1.66. The Bertz CT molecular complexity index is 569. The van der Waals surface area contributed by atoms with Gasteiger partial charge >= 0.3 is 5.97 Å². The van der Waals surface area contributed by atoms with Crippen molar-refractivity contribution in [2.75, 3.05) is 6.61 Å². The van der Waals surface area contributed by atoms with Crippen LogP contribution in [0.2, 0.25) is 0 Å². The second-order valence-electron chi connectivity index (χ2n) is 3.84. The number of carbonyl (C=O) groups excluding carboxylic acids is 1. The van der Waals surface area contributed by atoms with Gasteiger partial charge in [-0.15, -0.1) is 0 Å². The summed E-state index contributed by atoms with van der Waals surface area (Å²) in [6, 6.07) is 4.05. The molecule has 0 aliphatic carbocycles. The Labute approximate surface area is 109 Å². The average molecular weight is 264 g/mol. The molecule has 0 fully saturated rings. The van der Waals surface area contributed by atoms with E-state index in [-0.39, 0.29) is 17.9 Å². The summed E-state index contributed by atoms with van der Waals surface area (Å²) in [5.41, 5.74) is 0.442. The predicted molar refractivity (Wildman–Crippen MR) is 65.1 cm³/mol. The molecule has 1 aromatic carbocycles. The number of hydrogen-bond acceptors (Lipinski definition) is 4. The normalized spacial score (nSPS) is 12.2. The minimum atomic E-state index is -1.48. The van der Waals surface area contributed by atoms with Crippen molar-refractivity contribution in [2.45, 2.75) is 13.0 Å². The summed E-state index contributed by atoms with van der Waals surface area (Å²) >= 11 is 0. The van der Waals surface area contributed by atoms with Crippen LogP contribution in [0.1, 0.15) is 18.6 Å². The topological polar surface area (TPSA) is 64.3 Å². The van der Waals surface area contributed by atoms with Crippen molar-refractivity contribution in [1.82, 2.24) is 9.55 Å². The molecule has 2 aromatic rings. The number of aromatic nitrogens is 2. The van der Waals surface area contributed by atoms with Crippen LogP contribution in [-0.2, 0) is 9.53 Å². The number of nitrogens with zero attached hydrogens (tertiary/aromatic N) is 2. The van der Waals surface area contributed by atoms with Crippen molar-refractivity contribution < 1.29 is 19.0 Å². The van der Waals surface area contributed by atoms with Crippen LogP contribution in [0.15, 0.2) is 36.9 Å². The first-order valence-corrected chi connectivity index (χ1v) is 5.76. The quantitative estimate of drug-likeness (QED) is 0.852. The van der Waals surface area contributed by atoms with Gasteiger partial charge in [-0.1, -0.05) is 6.07 Å². The van der Waals surface area contributed by atoms with E-state index in [4.69, 9.17) is 0 Å². The highest BCUT2D eigenvalue weighted by atomic mass is 19.1. The molecule has 19 heavy (non-hydrogen) atoms. The SMILES string of the molecule is CCOC(=O)C(O)c1ccc(-n2ccnc2)c(F)c1. The summed E-state index contributed by atoms with van der Waals surface area (Å²) < 4.78 is 20.1. The molecule has 0 bridgehead atoms. The highest BCUT2D eigenvalue weighted by Gasteiger charge is 2.20. The lowest BCUT2D eigenvalue weighted by Gasteiger charge is -2.11. The van der Waals surface area contributed by atoms with Gasteiger partial charge in [-0.2, -0.15) is 0 Å². The van der Waals surface area contributed by atoms with E-state index in [2.05, 4.69) is 9.72 Å². The third kappa shape index (κ3) is 2.79. The van der Waals surface area contributed by atoms with Crippen molar-refractivity contribution in [3.05, 3.63) is 48.3 Å². The first kappa shape index (κ1) is 13.2. The number of hydrogen-bond donors (Lipinski definition) is 1. The highest BCUT2D eigenvalue weighted by molar-refractivity contribution is 5.76. The first-order chi connectivity index (χ1) is 9.13. The van der Waals surface area contributed by atoms with Gasteiger partial charge in [0.25, 0.3) is 0 Å². The molecule has 5 nitrogen and oxygen atoms in total. The van der Waals surface area contributed by atoms with Crippen LogP contribution < -0.4 is 0 Å². The molecule has 1 heterocycles. The van der Waals surface area contributed by atoms with E-state index in [1.54, 1.807) is 13.1 Å².